The number of rotatable bonds is 7. The van der Waals surface area contributed by atoms with Crippen molar-refractivity contribution >= 4 is 23.6 Å². The van der Waals surface area contributed by atoms with Crippen LogP contribution in [0.25, 0.3) is 5.57 Å². The van der Waals surface area contributed by atoms with E-state index < -0.39 is 29.6 Å². The summed E-state index contributed by atoms with van der Waals surface area (Å²) in [6, 6.07) is 3.48. The number of fused-ring (bicyclic) bond motifs is 1. The predicted molar refractivity (Wildman–Crippen MR) is 129 cm³/mol. The number of alkyl halides is 2. The van der Waals surface area contributed by atoms with Crippen LogP contribution in [0.3, 0.4) is 0 Å². The number of halogens is 2. The molecule has 1 saturated heterocycles. The highest BCUT2D eigenvalue weighted by atomic mass is 19.2. The topological polar surface area (TPSA) is 92.3 Å². The Kier molecular flexibility index (Phi) is 6.78. The number of aromatic nitrogens is 1. The molecule has 0 aromatic carbocycles. The molecule has 4 rings (SSSR count). The molecule has 2 fully saturated rings. The molecule has 2 amide bonds. The third-order valence-electron chi connectivity index (χ3n) is 6.92. The molecule has 0 radical (unpaired) electrons. The summed E-state index contributed by atoms with van der Waals surface area (Å²) in [5.41, 5.74) is 3.96. The molecule has 3 aliphatic rings. The average Bonchev–Trinajstić information content (AvgIpc) is 3.60. The molecule has 35 heavy (non-hydrogen) atoms. The molecular weight excluding hydrogens is 454 g/mol. The Labute approximate surface area is 203 Å². The summed E-state index contributed by atoms with van der Waals surface area (Å²) in [6.45, 7) is 8.09. The van der Waals surface area contributed by atoms with E-state index in [1.165, 1.54) is 6.20 Å². The first-order valence-corrected chi connectivity index (χ1v) is 11.6. The van der Waals surface area contributed by atoms with Crippen molar-refractivity contribution in [3.8, 4) is 0 Å². The second-order valence-electron chi connectivity index (χ2n) is 9.35. The zero-order valence-corrected chi connectivity index (χ0v) is 20.1. The average molecular weight is 485 g/mol. The summed E-state index contributed by atoms with van der Waals surface area (Å²) in [7, 11) is 1.82. The minimum atomic E-state index is -1.75. The lowest BCUT2D eigenvalue weighted by atomic mass is 9.75. The van der Waals surface area contributed by atoms with E-state index in [0.29, 0.717) is 29.1 Å². The van der Waals surface area contributed by atoms with Gasteiger partial charge in [0.05, 0.1) is 24.2 Å². The van der Waals surface area contributed by atoms with Crippen molar-refractivity contribution in [3.63, 3.8) is 0 Å². The zero-order chi connectivity index (χ0) is 25.3. The molecule has 9 heteroatoms. The molecule has 2 heterocycles. The van der Waals surface area contributed by atoms with E-state index in [9.17, 15) is 18.4 Å². The molecular formula is C26H30F2N4O3. The largest absolute Gasteiger partial charge is 0.497 e. The summed E-state index contributed by atoms with van der Waals surface area (Å²) in [4.78, 5) is 29.3. The standard InChI is InChI=1S/C26H30F2N4O3/c1-14(2)22(15(3)29-4)20-6-5-16(11-30-20)32-25(34)24(31-13-33)23-17-9-18(27)19(28)10-21(17)35-12-26(23)7-8-26/h5-6,10-11,13,17-19,29H,1,7-9,12H2,2-4H3,(H,31,33)(H,32,34)/b22-15+,24-23-. The first kappa shape index (κ1) is 24.6. The molecule has 2 aliphatic carbocycles. The van der Waals surface area contributed by atoms with Gasteiger partial charge >= 0.3 is 0 Å². The number of carbonyl (C=O) groups excluding carboxylic acids is 2. The number of amides is 2. The minimum Gasteiger partial charge on any atom is -0.497 e. The van der Waals surface area contributed by atoms with Crippen LogP contribution in [0.5, 0.6) is 0 Å². The van der Waals surface area contributed by atoms with E-state index >= 15 is 0 Å². The number of carbonyl (C=O) groups is 2. The quantitative estimate of drug-likeness (QED) is 0.310. The highest BCUT2D eigenvalue weighted by molar-refractivity contribution is 6.05. The Balaban J connectivity index is 1.66. The Morgan fingerprint density at radius 1 is 1.29 bits per heavy atom. The number of anilines is 1. The fraction of sp³-hybridized carbons (Fsp3) is 0.423. The van der Waals surface area contributed by atoms with Crippen molar-refractivity contribution in [2.75, 3.05) is 19.0 Å². The lowest BCUT2D eigenvalue weighted by Crippen LogP contribution is -2.40. The number of pyridine rings is 1. The number of nitrogens with one attached hydrogen (secondary N) is 3. The maximum Gasteiger partial charge on any atom is 0.272 e. The van der Waals surface area contributed by atoms with Gasteiger partial charge in [-0.1, -0.05) is 6.58 Å². The number of ether oxygens (including phenoxy) is 1. The van der Waals surface area contributed by atoms with Crippen molar-refractivity contribution in [2.24, 2.45) is 11.3 Å². The predicted octanol–water partition coefficient (Wildman–Crippen LogP) is 3.94. The van der Waals surface area contributed by atoms with Gasteiger partial charge in [-0.25, -0.2) is 8.78 Å². The van der Waals surface area contributed by atoms with Gasteiger partial charge in [0.1, 0.15) is 17.6 Å². The van der Waals surface area contributed by atoms with Crippen LogP contribution >= 0.6 is 0 Å². The maximum absolute atomic E-state index is 14.3. The van der Waals surface area contributed by atoms with E-state index in [0.717, 1.165) is 35.8 Å². The SMILES string of the molecule is C=C(C)/C(=C(/C)NC)c1ccc(NC(=O)/C(NC=O)=C2\C3CC(F)C(F)C=C3OCC23CC3)cn1. The number of hydrogen-bond acceptors (Lipinski definition) is 5. The molecule has 3 unspecified atom stereocenters. The smallest absolute Gasteiger partial charge is 0.272 e. The van der Waals surface area contributed by atoms with E-state index in [1.54, 1.807) is 12.1 Å². The molecule has 7 nitrogen and oxygen atoms in total. The third-order valence-corrected chi connectivity index (χ3v) is 6.92. The highest BCUT2D eigenvalue weighted by Crippen LogP contribution is 2.60. The molecule has 1 aromatic rings. The Morgan fingerprint density at radius 3 is 2.60 bits per heavy atom. The van der Waals surface area contributed by atoms with Crippen molar-refractivity contribution < 1.29 is 23.1 Å². The second kappa shape index (κ2) is 9.64. The van der Waals surface area contributed by atoms with Gasteiger partial charge in [-0.2, -0.15) is 0 Å². The van der Waals surface area contributed by atoms with Crippen LogP contribution in [0, 0.1) is 11.3 Å². The number of allylic oxidation sites excluding steroid dienone is 5. The van der Waals surface area contributed by atoms with Crippen molar-refractivity contribution in [3.05, 3.63) is 65.0 Å². The van der Waals surface area contributed by atoms with Gasteiger partial charge in [0, 0.05) is 29.7 Å². The lowest BCUT2D eigenvalue weighted by Gasteiger charge is -2.39. The van der Waals surface area contributed by atoms with Gasteiger partial charge in [0.25, 0.3) is 5.91 Å². The minimum absolute atomic E-state index is 0.0545. The van der Waals surface area contributed by atoms with Gasteiger partial charge in [0.2, 0.25) is 6.41 Å². The van der Waals surface area contributed by atoms with E-state index in [-0.39, 0.29) is 18.7 Å². The third kappa shape index (κ3) is 4.72. The second-order valence-corrected chi connectivity index (χ2v) is 9.35. The molecule has 3 atom stereocenters. The first-order chi connectivity index (χ1) is 16.7. The van der Waals surface area contributed by atoms with Gasteiger partial charge in [-0.15, -0.1) is 0 Å². The first-order valence-electron chi connectivity index (χ1n) is 11.6. The van der Waals surface area contributed by atoms with Crippen LogP contribution in [-0.2, 0) is 14.3 Å². The molecule has 3 N–H and O–H groups in total. The molecule has 1 spiro atoms. The lowest BCUT2D eigenvalue weighted by molar-refractivity contribution is -0.115. The molecule has 186 valence electrons. The van der Waals surface area contributed by atoms with Crippen LogP contribution in [0.4, 0.5) is 14.5 Å². The Bertz CT molecular complexity index is 1140. The maximum atomic E-state index is 14.3. The summed E-state index contributed by atoms with van der Waals surface area (Å²) < 4.78 is 34.1. The van der Waals surface area contributed by atoms with Crippen LogP contribution < -0.4 is 16.0 Å². The van der Waals surface area contributed by atoms with Gasteiger partial charge in [-0.3, -0.25) is 14.6 Å². The molecule has 1 aliphatic heterocycles. The van der Waals surface area contributed by atoms with Crippen molar-refractivity contribution in [2.45, 2.75) is 45.5 Å². The summed E-state index contributed by atoms with van der Waals surface area (Å²) in [5, 5.41) is 8.41. The summed E-state index contributed by atoms with van der Waals surface area (Å²) in [6.07, 6.45) is 0.997. The fourth-order valence-corrected chi connectivity index (χ4v) is 4.92. The van der Waals surface area contributed by atoms with Crippen molar-refractivity contribution in [1.82, 2.24) is 15.6 Å². The zero-order valence-electron chi connectivity index (χ0n) is 20.1. The van der Waals surface area contributed by atoms with E-state index in [2.05, 4.69) is 27.5 Å². The van der Waals surface area contributed by atoms with Gasteiger partial charge < -0.3 is 20.7 Å². The van der Waals surface area contributed by atoms with Crippen LogP contribution in [-0.4, -0.2) is 43.3 Å². The van der Waals surface area contributed by atoms with Crippen LogP contribution in [0.1, 0.15) is 38.8 Å². The number of nitrogens with zero attached hydrogens (tertiary/aromatic N) is 1. The molecule has 0 bridgehead atoms. The fourth-order valence-electron chi connectivity index (χ4n) is 4.92. The Hall–Kier alpha value is -3.49. The van der Waals surface area contributed by atoms with Gasteiger partial charge in [-0.05, 0) is 62.5 Å². The number of hydrogen-bond donors (Lipinski definition) is 3. The highest BCUT2D eigenvalue weighted by Gasteiger charge is 2.56. The molecule has 1 aromatic heterocycles. The van der Waals surface area contributed by atoms with Gasteiger partial charge in [0.15, 0.2) is 6.17 Å². The monoisotopic (exact) mass is 484 g/mol. The van der Waals surface area contributed by atoms with E-state index in [4.69, 9.17) is 4.74 Å². The van der Waals surface area contributed by atoms with Crippen molar-refractivity contribution in [1.29, 1.82) is 0 Å². The summed E-state index contributed by atoms with van der Waals surface area (Å²) in [5.74, 6) is -0.828. The van der Waals surface area contributed by atoms with Crippen LogP contribution in [0.2, 0.25) is 0 Å². The van der Waals surface area contributed by atoms with Crippen LogP contribution in [0.15, 0.2) is 59.3 Å². The molecule has 1 saturated carbocycles. The Morgan fingerprint density at radius 2 is 2.03 bits per heavy atom. The summed E-state index contributed by atoms with van der Waals surface area (Å²) >= 11 is 0. The van der Waals surface area contributed by atoms with E-state index in [1.807, 2.05) is 20.9 Å². The normalized spacial score (nSPS) is 26.3.